The summed E-state index contributed by atoms with van der Waals surface area (Å²) in [6.07, 6.45) is 5.04. The number of benzene rings is 3. The lowest BCUT2D eigenvalue weighted by atomic mass is 9.82. The van der Waals surface area contributed by atoms with Crippen molar-refractivity contribution in [3.05, 3.63) is 83.2 Å². The molecule has 6 rings (SSSR count). The zero-order chi connectivity index (χ0) is 24.3. The standard InChI is InChI=1S/C32H32N2S/c1-19(2)14-20-10-12-25-22(15-20)11-13-26-29-31(35-30(25)26)28(33-18-34-29)23-16-21-8-6-7-9-24(21)27(17-23)32(3,4)5/h6-10,12,15-19H,11,13-14H2,1-5H3. The van der Waals surface area contributed by atoms with Crippen LogP contribution in [0.4, 0.5) is 0 Å². The van der Waals surface area contributed by atoms with Gasteiger partial charge in [0.15, 0.2) is 0 Å². The number of fused-ring (bicyclic) bond motifs is 6. The molecule has 0 N–H and O–H groups in total. The van der Waals surface area contributed by atoms with Gasteiger partial charge in [0.05, 0.1) is 15.9 Å². The second kappa shape index (κ2) is 8.27. The van der Waals surface area contributed by atoms with Gasteiger partial charge in [-0.05, 0) is 81.3 Å². The fourth-order valence-corrected chi connectivity index (χ4v) is 6.99. The summed E-state index contributed by atoms with van der Waals surface area (Å²) in [5, 5.41) is 2.59. The number of aromatic nitrogens is 2. The Hall–Kier alpha value is -3.04. The van der Waals surface area contributed by atoms with Crippen LogP contribution in [0.1, 0.15) is 56.9 Å². The van der Waals surface area contributed by atoms with Crippen LogP contribution in [0.2, 0.25) is 0 Å². The molecule has 176 valence electrons. The third-order valence-corrected chi connectivity index (χ3v) is 8.47. The zero-order valence-electron chi connectivity index (χ0n) is 21.3. The van der Waals surface area contributed by atoms with Gasteiger partial charge in [-0.1, -0.05) is 77.1 Å². The van der Waals surface area contributed by atoms with Gasteiger partial charge in [-0.15, -0.1) is 11.3 Å². The van der Waals surface area contributed by atoms with E-state index in [0.29, 0.717) is 5.92 Å². The molecule has 35 heavy (non-hydrogen) atoms. The Bertz CT molecular complexity index is 1580. The van der Waals surface area contributed by atoms with Crippen LogP contribution < -0.4 is 0 Å². The highest BCUT2D eigenvalue weighted by Crippen LogP contribution is 2.46. The van der Waals surface area contributed by atoms with Crippen molar-refractivity contribution in [1.82, 2.24) is 9.97 Å². The number of thiophene rings is 1. The van der Waals surface area contributed by atoms with Crippen LogP contribution in [-0.2, 0) is 24.7 Å². The average molecular weight is 477 g/mol. The Labute approximate surface area is 212 Å². The fraction of sp³-hybridized carbons (Fsp3) is 0.312. The van der Waals surface area contributed by atoms with E-state index in [2.05, 4.69) is 89.2 Å². The molecule has 1 aliphatic carbocycles. The molecule has 0 fully saturated rings. The summed E-state index contributed by atoms with van der Waals surface area (Å²) >= 11 is 1.88. The largest absolute Gasteiger partial charge is 0.235 e. The van der Waals surface area contributed by atoms with Crippen LogP contribution in [0.5, 0.6) is 0 Å². The van der Waals surface area contributed by atoms with E-state index in [1.807, 2.05) is 11.3 Å². The summed E-state index contributed by atoms with van der Waals surface area (Å²) in [5.74, 6) is 0.675. The van der Waals surface area contributed by atoms with Gasteiger partial charge in [-0.3, -0.25) is 0 Å². The quantitative estimate of drug-likeness (QED) is 0.260. The van der Waals surface area contributed by atoms with Crippen molar-refractivity contribution in [2.45, 2.75) is 59.3 Å². The van der Waals surface area contributed by atoms with Crippen molar-refractivity contribution in [2.75, 3.05) is 0 Å². The molecule has 5 aromatic rings. The maximum atomic E-state index is 4.85. The first kappa shape index (κ1) is 22.4. The first-order valence-corrected chi connectivity index (χ1v) is 13.5. The molecule has 2 aromatic heterocycles. The number of aryl methyl sites for hydroxylation is 2. The van der Waals surface area contributed by atoms with Crippen LogP contribution in [0.3, 0.4) is 0 Å². The number of hydrogen-bond acceptors (Lipinski definition) is 3. The first-order valence-electron chi connectivity index (χ1n) is 12.7. The monoisotopic (exact) mass is 476 g/mol. The van der Waals surface area contributed by atoms with Gasteiger partial charge in [0.2, 0.25) is 0 Å². The van der Waals surface area contributed by atoms with Gasteiger partial charge in [0.1, 0.15) is 6.33 Å². The van der Waals surface area contributed by atoms with Crippen LogP contribution in [0, 0.1) is 5.92 Å². The predicted octanol–water partition coefficient (Wildman–Crippen LogP) is 8.77. The molecule has 0 radical (unpaired) electrons. The summed E-state index contributed by atoms with van der Waals surface area (Å²) in [4.78, 5) is 11.0. The molecule has 0 saturated heterocycles. The Balaban J connectivity index is 1.54. The fourth-order valence-electron chi connectivity index (χ4n) is 5.61. The van der Waals surface area contributed by atoms with E-state index in [4.69, 9.17) is 9.97 Å². The SMILES string of the molecule is CC(C)Cc1ccc2c(c1)CCc1c-2sc2c(-c3cc(C(C)(C)C)c4ccccc4c3)ncnc12. The van der Waals surface area contributed by atoms with E-state index < -0.39 is 0 Å². The lowest BCUT2D eigenvalue weighted by Crippen LogP contribution is -2.12. The molecule has 3 heteroatoms. The average Bonchev–Trinajstić information content (AvgIpc) is 3.21. The summed E-state index contributed by atoms with van der Waals surface area (Å²) in [6, 6.07) is 20.5. The first-order chi connectivity index (χ1) is 16.8. The van der Waals surface area contributed by atoms with E-state index in [0.717, 1.165) is 30.5 Å². The summed E-state index contributed by atoms with van der Waals surface area (Å²) in [6.45, 7) is 11.5. The number of rotatable bonds is 3. The highest BCUT2D eigenvalue weighted by Gasteiger charge is 2.25. The number of nitrogens with zero attached hydrogens (tertiary/aromatic N) is 2. The zero-order valence-corrected chi connectivity index (χ0v) is 22.1. The smallest absolute Gasteiger partial charge is 0.116 e. The maximum Gasteiger partial charge on any atom is 0.116 e. The lowest BCUT2D eigenvalue weighted by Gasteiger charge is -2.22. The van der Waals surface area contributed by atoms with Crippen LogP contribution in [0.25, 0.3) is 42.7 Å². The highest BCUT2D eigenvalue weighted by atomic mass is 32.1. The second-order valence-electron chi connectivity index (χ2n) is 11.4. The van der Waals surface area contributed by atoms with Crippen molar-refractivity contribution in [3.63, 3.8) is 0 Å². The molecule has 2 nitrogen and oxygen atoms in total. The van der Waals surface area contributed by atoms with E-state index >= 15 is 0 Å². The predicted molar refractivity (Wildman–Crippen MR) is 150 cm³/mol. The molecule has 0 aliphatic heterocycles. The molecule has 0 atom stereocenters. The lowest BCUT2D eigenvalue weighted by molar-refractivity contribution is 0.596. The van der Waals surface area contributed by atoms with E-state index in [9.17, 15) is 0 Å². The van der Waals surface area contributed by atoms with Crippen molar-refractivity contribution in [2.24, 2.45) is 5.92 Å². The molecule has 0 spiro atoms. The van der Waals surface area contributed by atoms with E-state index in [1.54, 1.807) is 6.33 Å². The Morgan fingerprint density at radius 3 is 2.57 bits per heavy atom. The minimum absolute atomic E-state index is 0.0447. The molecule has 2 heterocycles. The van der Waals surface area contributed by atoms with Crippen molar-refractivity contribution in [1.29, 1.82) is 0 Å². The molecule has 3 aromatic carbocycles. The Kier molecular flexibility index (Phi) is 5.30. The minimum Gasteiger partial charge on any atom is -0.235 e. The molecule has 0 bridgehead atoms. The summed E-state index contributed by atoms with van der Waals surface area (Å²) < 4.78 is 1.21. The molecule has 1 aliphatic rings. The van der Waals surface area contributed by atoms with Crippen LogP contribution >= 0.6 is 11.3 Å². The molecule has 0 unspecified atom stereocenters. The Morgan fingerprint density at radius 1 is 0.943 bits per heavy atom. The minimum atomic E-state index is 0.0447. The summed E-state index contributed by atoms with van der Waals surface area (Å²) in [5.41, 5.74) is 10.5. The Morgan fingerprint density at radius 2 is 1.77 bits per heavy atom. The van der Waals surface area contributed by atoms with E-state index in [-0.39, 0.29) is 5.41 Å². The molecule has 0 saturated carbocycles. The van der Waals surface area contributed by atoms with Crippen LogP contribution in [0.15, 0.2) is 60.9 Å². The molecular formula is C32H32N2S. The van der Waals surface area contributed by atoms with Gasteiger partial charge in [-0.2, -0.15) is 0 Å². The molecular weight excluding hydrogens is 444 g/mol. The maximum absolute atomic E-state index is 4.85. The number of hydrogen-bond donors (Lipinski definition) is 0. The summed E-state index contributed by atoms with van der Waals surface area (Å²) in [7, 11) is 0. The van der Waals surface area contributed by atoms with Crippen LogP contribution in [-0.4, -0.2) is 9.97 Å². The van der Waals surface area contributed by atoms with Gasteiger partial charge in [0, 0.05) is 10.4 Å². The van der Waals surface area contributed by atoms with Gasteiger partial charge < -0.3 is 0 Å². The highest BCUT2D eigenvalue weighted by molar-refractivity contribution is 7.23. The van der Waals surface area contributed by atoms with Gasteiger partial charge in [0.25, 0.3) is 0 Å². The van der Waals surface area contributed by atoms with Gasteiger partial charge >= 0.3 is 0 Å². The van der Waals surface area contributed by atoms with Crippen molar-refractivity contribution < 1.29 is 0 Å². The topological polar surface area (TPSA) is 25.8 Å². The third-order valence-electron chi connectivity index (χ3n) is 7.21. The van der Waals surface area contributed by atoms with Crippen molar-refractivity contribution >= 4 is 32.3 Å². The molecule has 0 amide bonds. The van der Waals surface area contributed by atoms with Gasteiger partial charge in [-0.25, -0.2) is 9.97 Å². The van der Waals surface area contributed by atoms with E-state index in [1.165, 1.54) is 53.7 Å². The second-order valence-corrected chi connectivity index (χ2v) is 12.4. The van der Waals surface area contributed by atoms with Crippen molar-refractivity contribution in [3.8, 4) is 21.7 Å². The normalized spacial score (nSPS) is 13.4. The third kappa shape index (κ3) is 3.87.